The number of aliphatic hydroxyl groups excluding tert-OH is 1. The molecule has 1 rings (SSSR count). The lowest BCUT2D eigenvalue weighted by molar-refractivity contribution is 0.191. The molecule has 1 N–H and O–H groups in total. The summed E-state index contributed by atoms with van der Waals surface area (Å²) in [6, 6.07) is 6.51. The molecule has 0 unspecified atom stereocenters. The van der Waals surface area contributed by atoms with E-state index >= 15 is 0 Å². The third-order valence-electron chi connectivity index (χ3n) is 2.28. The summed E-state index contributed by atoms with van der Waals surface area (Å²) in [6.45, 7) is 1.54. The Morgan fingerprint density at radius 2 is 2.18 bits per heavy atom. The molecule has 0 heterocycles. The normalized spacial score (nSPS) is 17.5. The second-order valence-electron chi connectivity index (χ2n) is 3.42. The van der Waals surface area contributed by atoms with Crippen molar-refractivity contribution in [1.29, 1.82) is 0 Å². The quantitative estimate of drug-likeness (QED) is 0.562. The smallest absolute Gasteiger partial charge is 0.207 e. The van der Waals surface area contributed by atoms with Crippen LogP contribution >= 0.6 is 50.1 Å². The first-order valence-electron chi connectivity index (χ1n) is 4.76. The standard InChI is InChI=1S/C10H11BrClIO3S/c1-2-17(15,16)10(11,13)9(14)7-4-3-5-8(12)6-7/h3-6,9,14H,2H2,1H3/t9-,10-/m1/s1. The molecular weight excluding hydrogens is 442 g/mol. The maximum absolute atomic E-state index is 11.9. The van der Waals surface area contributed by atoms with Gasteiger partial charge in [-0.25, -0.2) is 8.42 Å². The van der Waals surface area contributed by atoms with E-state index in [0.717, 1.165) is 0 Å². The Bertz CT molecular complexity index is 504. The Morgan fingerprint density at radius 1 is 1.59 bits per heavy atom. The van der Waals surface area contributed by atoms with Crippen molar-refractivity contribution in [2.45, 2.75) is 14.7 Å². The zero-order valence-electron chi connectivity index (χ0n) is 8.90. The zero-order valence-corrected chi connectivity index (χ0v) is 14.2. The van der Waals surface area contributed by atoms with Gasteiger partial charge in [0.15, 0.2) is 9.84 Å². The molecule has 0 spiro atoms. The number of benzene rings is 1. The Labute approximate surface area is 128 Å². The molecule has 0 aliphatic rings. The zero-order chi connectivity index (χ0) is 13.3. The molecule has 0 aromatic heterocycles. The number of aliphatic hydroxyl groups is 1. The van der Waals surface area contributed by atoms with E-state index in [0.29, 0.717) is 10.6 Å². The van der Waals surface area contributed by atoms with Gasteiger partial charge in [0.25, 0.3) is 0 Å². The van der Waals surface area contributed by atoms with Crippen molar-refractivity contribution < 1.29 is 13.5 Å². The van der Waals surface area contributed by atoms with Crippen LogP contribution in [0.1, 0.15) is 18.6 Å². The van der Waals surface area contributed by atoms with Crippen molar-refractivity contribution in [3.05, 3.63) is 34.9 Å². The van der Waals surface area contributed by atoms with Gasteiger partial charge in [-0.15, -0.1) is 0 Å². The van der Waals surface area contributed by atoms with Gasteiger partial charge in [0.1, 0.15) is 6.10 Å². The summed E-state index contributed by atoms with van der Waals surface area (Å²) in [4.78, 5) is 0. The van der Waals surface area contributed by atoms with Gasteiger partial charge in [-0.2, -0.15) is 0 Å². The second-order valence-corrected chi connectivity index (χ2v) is 12.0. The highest BCUT2D eigenvalue weighted by atomic mass is 127. The molecule has 0 aliphatic heterocycles. The summed E-state index contributed by atoms with van der Waals surface area (Å²) in [7, 11) is -3.45. The van der Waals surface area contributed by atoms with E-state index in [1.165, 1.54) is 6.92 Å². The molecule has 2 atom stereocenters. The number of hydrogen-bond donors (Lipinski definition) is 1. The molecule has 0 saturated carbocycles. The van der Waals surface area contributed by atoms with Gasteiger partial charge in [0.2, 0.25) is 1.66 Å². The first-order valence-corrected chi connectivity index (χ1v) is 8.66. The molecule has 0 amide bonds. The lowest BCUT2D eigenvalue weighted by atomic mass is 10.1. The van der Waals surface area contributed by atoms with Crippen molar-refractivity contribution in [2.75, 3.05) is 5.75 Å². The van der Waals surface area contributed by atoms with E-state index in [-0.39, 0.29) is 5.75 Å². The topological polar surface area (TPSA) is 54.4 Å². The summed E-state index contributed by atoms with van der Waals surface area (Å²) in [5.41, 5.74) is 0.459. The minimum atomic E-state index is -3.45. The summed E-state index contributed by atoms with van der Waals surface area (Å²) >= 11 is 10.6. The van der Waals surface area contributed by atoms with Crippen LogP contribution in [-0.2, 0) is 9.84 Å². The van der Waals surface area contributed by atoms with Gasteiger partial charge in [0.05, 0.1) is 0 Å². The number of alkyl halides is 2. The highest BCUT2D eigenvalue weighted by Gasteiger charge is 2.45. The van der Waals surface area contributed by atoms with Crippen LogP contribution in [0, 0.1) is 0 Å². The average Bonchev–Trinajstić information content (AvgIpc) is 2.27. The van der Waals surface area contributed by atoms with E-state index in [1.54, 1.807) is 46.9 Å². The summed E-state index contributed by atoms with van der Waals surface area (Å²) in [6.07, 6.45) is -1.19. The van der Waals surface area contributed by atoms with Crippen LogP contribution in [0.25, 0.3) is 0 Å². The average molecular weight is 454 g/mol. The van der Waals surface area contributed by atoms with Gasteiger partial charge in [0, 0.05) is 10.8 Å². The molecule has 0 radical (unpaired) electrons. The highest BCUT2D eigenvalue weighted by Crippen LogP contribution is 2.45. The SMILES string of the molecule is CCS(=O)(=O)[C@](Br)(I)[C@H](O)c1cccc(Cl)c1. The van der Waals surface area contributed by atoms with E-state index in [1.807, 2.05) is 0 Å². The number of sulfone groups is 1. The Balaban J connectivity index is 3.17. The van der Waals surface area contributed by atoms with Crippen LogP contribution in [0.3, 0.4) is 0 Å². The maximum atomic E-state index is 11.9. The van der Waals surface area contributed by atoms with E-state index in [4.69, 9.17) is 11.6 Å². The van der Waals surface area contributed by atoms with Gasteiger partial charge in [-0.3, -0.25) is 0 Å². The van der Waals surface area contributed by atoms with Crippen molar-refractivity contribution in [1.82, 2.24) is 0 Å². The molecule has 17 heavy (non-hydrogen) atoms. The first-order chi connectivity index (χ1) is 7.72. The van der Waals surface area contributed by atoms with Gasteiger partial charge >= 0.3 is 0 Å². The van der Waals surface area contributed by atoms with Gasteiger partial charge < -0.3 is 5.11 Å². The van der Waals surface area contributed by atoms with Crippen LogP contribution in [0.15, 0.2) is 24.3 Å². The fourth-order valence-corrected chi connectivity index (χ4v) is 4.54. The number of hydrogen-bond acceptors (Lipinski definition) is 3. The van der Waals surface area contributed by atoms with Gasteiger partial charge in [-0.05, 0) is 40.3 Å². The molecule has 0 saturated heterocycles. The van der Waals surface area contributed by atoms with Crippen LogP contribution < -0.4 is 0 Å². The summed E-state index contributed by atoms with van der Waals surface area (Å²) in [5, 5.41) is 10.6. The first kappa shape index (κ1) is 15.7. The predicted molar refractivity (Wildman–Crippen MR) is 81.6 cm³/mol. The monoisotopic (exact) mass is 452 g/mol. The third kappa shape index (κ3) is 3.34. The lowest BCUT2D eigenvalue weighted by Crippen LogP contribution is -2.33. The molecule has 7 heteroatoms. The van der Waals surface area contributed by atoms with Gasteiger partial charge in [-0.1, -0.05) is 46.6 Å². The van der Waals surface area contributed by atoms with Crippen LogP contribution in [0.4, 0.5) is 0 Å². The molecule has 0 fully saturated rings. The summed E-state index contributed by atoms with van der Waals surface area (Å²) in [5.74, 6) is -0.0567. The molecule has 1 aromatic carbocycles. The molecule has 3 nitrogen and oxygen atoms in total. The Kier molecular flexibility index (Phi) is 5.29. The number of rotatable bonds is 4. The van der Waals surface area contributed by atoms with Crippen LogP contribution in [0.2, 0.25) is 5.02 Å². The van der Waals surface area contributed by atoms with Crippen LogP contribution in [-0.4, -0.2) is 20.9 Å². The molecule has 0 aliphatic carbocycles. The van der Waals surface area contributed by atoms with Crippen molar-refractivity contribution >= 4 is 60.0 Å². The highest BCUT2D eigenvalue weighted by molar-refractivity contribution is 14.1. The van der Waals surface area contributed by atoms with E-state index < -0.39 is 17.6 Å². The largest absolute Gasteiger partial charge is 0.385 e. The molecular formula is C10H11BrClIO3S. The summed E-state index contributed by atoms with van der Waals surface area (Å²) < 4.78 is 22.3. The second kappa shape index (κ2) is 5.73. The van der Waals surface area contributed by atoms with E-state index in [2.05, 4.69) is 15.9 Å². The lowest BCUT2D eigenvalue weighted by Gasteiger charge is -2.26. The fraction of sp³-hybridized carbons (Fsp3) is 0.400. The minimum absolute atomic E-state index is 0.0567. The maximum Gasteiger partial charge on any atom is 0.207 e. The third-order valence-corrected chi connectivity index (χ3v) is 8.84. The Morgan fingerprint density at radius 3 is 2.65 bits per heavy atom. The number of halogens is 3. The van der Waals surface area contributed by atoms with Crippen molar-refractivity contribution in [3.63, 3.8) is 0 Å². The fourth-order valence-electron chi connectivity index (χ4n) is 1.23. The minimum Gasteiger partial charge on any atom is -0.385 e. The van der Waals surface area contributed by atoms with Crippen molar-refractivity contribution in [3.8, 4) is 0 Å². The van der Waals surface area contributed by atoms with Crippen LogP contribution in [0.5, 0.6) is 0 Å². The van der Waals surface area contributed by atoms with Crippen molar-refractivity contribution in [2.24, 2.45) is 0 Å². The predicted octanol–water partition coefficient (Wildman–Crippen LogP) is 3.29. The van der Waals surface area contributed by atoms with E-state index in [9.17, 15) is 13.5 Å². The Hall–Kier alpha value is 0.630. The molecule has 96 valence electrons. The molecule has 1 aromatic rings. The molecule has 0 bridgehead atoms.